The van der Waals surface area contributed by atoms with Crippen LogP contribution in [0.15, 0.2) is 36.9 Å². The zero-order valence-corrected chi connectivity index (χ0v) is 11.4. The van der Waals surface area contributed by atoms with E-state index in [4.69, 9.17) is 0 Å². The monoisotopic (exact) mass is 243 g/mol. The number of benzene rings is 1. The fourth-order valence-electron chi connectivity index (χ4n) is 2.10. The summed E-state index contributed by atoms with van der Waals surface area (Å²) in [6.07, 6.45) is 5.67. The topological polar surface area (TPSA) is 29.9 Å². The van der Waals surface area contributed by atoms with Crippen molar-refractivity contribution in [3.05, 3.63) is 53.6 Å². The fraction of sp³-hybridized carbons (Fsp3) is 0.400. The molecule has 1 atom stereocenters. The lowest BCUT2D eigenvalue weighted by Gasteiger charge is -2.15. The van der Waals surface area contributed by atoms with Gasteiger partial charge in [0, 0.05) is 31.5 Å². The highest BCUT2D eigenvalue weighted by molar-refractivity contribution is 5.30. The molecule has 0 saturated carbocycles. The molecule has 0 fully saturated rings. The quantitative estimate of drug-likeness (QED) is 0.875. The molecule has 0 aliphatic heterocycles. The van der Waals surface area contributed by atoms with Gasteiger partial charge in [-0.05, 0) is 31.9 Å². The van der Waals surface area contributed by atoms with Gasteiger partial charge < -0.3 is 9.88 Å². The molecule has 2 rings (SSSR count). The van der Waals surface area contributed by atoms with Gasteiger partial charge in [0.2, 0.25) is 0 Å². The van der Waals surface area contributed by atoms with E-state index in [0.29, 0.717) is 6.04 Å². The first-order valence-electron chi connectivity index (χ1n) is 6.40. The van der Waals surface area contributed by atoms with Gasteiger partial charge in [0.15, 0.2) is 0 Å². The Hall–Kier alpha value is -1.61. The predicted octanol–water partition coefficient (Wildman–Crippen LogP) is 2.68. The predicted molar refractivity (Wildman–Crippen MR) is 74.4 cm³/mol. The van der Waals surface area contributed by atoms with Crippen molar-refractivity contribution < 1.29 is 0 Å². The first kappa shape index (κ1) is 12.8. The third-order valence-electron chi connectivity index (χ3n) is 3.18. The zero-order chi connectivity index (χ0) is 13.0. The second kappa shape index (κ2) is 5.83. The smallest absolute Gasteiger partial charge is 0.0946 e. The Morgan fingerprint density at radius 2 is 2.17 bits per heavy atom. The van der Waals surface area contributed by atoms with Gasteiger partial charge in [0.05, 0.1) is 6.33 Å². The maximum Gasteiger partial charge on any atom is 0.0946 e. The second-order valence-corrected chi connectivity index (χ2v) is 4.97. The fourth-order valence-corrected chi connectivity index (χ4v) is 2.10. The van der Waals surface area contributed by atoms with Crippen molar-refractivity contribution in [1.29, 1.82) is 0 Å². The minimum atomic E-state index is 0.430. The van der Waals surface area contributed by atoms with Crippen LogP contribution in [-0.4, -0.2) is 15.6 Å². The Labute approximate surface area is 109 Å². The molecule has 3 nitrogen and oxygen atoms in total. The van der Waals surface area contributed by atoms with Crippen LogP contribution in [0.2, 0.25) is 0 Å². The lowest BCUT2D eigenvalue weighted by molar-refractivity contribution is 0.475. The molecule has 0 aliphatic carbocycles. The van der Waals surface area contributed by atoms with E-state index < -0.39 is 0 Å². The highest BCUT2D eigenvalue weighted by atomic mass is 15.1. The Bertz CT molecular complexity index is 488. The van der Waals surface area contributed by atoms with Crippen LogP contribution >= 0.6 is 0 Å². The van der Waals surface area contributed by atoms with Gasteiger partial charge in [-0.25, -0.2) is 4.98 Å². The molecule has 0 bridgehead atoms. The molecule has 1 aromatic carbocycles. The average molecular weight is 243 g/mol. The van der Waals surface area contributed by atoms with Crippen LogP contribution in [0.4, 0.5) is 0 Å². The van der Waals surface area contributed by atoms with Crippen molar-refractivity contribution in [2.45, 2.75) is 39.9 Å². The highest BCUT2D eigenvalue weighted by Crippen LogP contribution is 2.10. The highest BCUT2D eigenvalue weighted by Gasteiger charge is 2.04. The van der Waals surface area contributed by atoms with Gasteiger partial charge in [-0.15, -0.1) is 0 Å². The second-order valence-electron chi connectivity index (χ2n) is 4.97. The molecule has 0 aliphatic rings. The summed E-state index contributed by atoms with van der Waals surface area (Å²) in [7, 11) is 0. The summed E-state index contributed by atoms with van der Waals surface area (Å²) in [5, 5.41) is 3.55. The molecule has 18 heavy (non-hydrogen) atoms. The summed E-state index contributed by atoms with van der Waals surface area (Å²) < 4.78 is 2.10. The first-order valence-corrected chi connectivity index (χ1v) is 6.40. The average Bonchev–Trinajstić information content (AvgIpc) is 2.80. The Balaban J connectivity index is 1.87. The van der Waals surface area contributed by atoms with Crippen molar-refractivity contribution in [3.8, 4) is 0 Å². The van der Waals surface area contributed by atoms with Crippen molar-refractivity contribution in [2.24, 2.45) is 0 Å². The molecule has 1 N–H and O–H groups in total. The number of rotatable bonds is 5. The van der Waals surface area contributed by atoms with Gasteiger partial charge in [-0.1, -0.05) is 23.8 Å². The summed E-state index contributed by atoms with van der Waals surface area (Å²) >= 11 is 0. The van der Waals surface area contributed by atoms with Gasteiger partial charge in [0.1, 0.15) is 0 Å². The third kappa shape index (κ3) is 3.44. The van der Waals surface area contributed by atoms with E-state index in [1.54, 1.807) is 0 Å². The number of aryl methyl sites for hydroxylation is 2. The van der Waals surface area contributed by atoms with Crippen LogP contribution in [0, 0.1) is 13.8 Å². The van der Waals surface area contributed by atoms with Crippen LogP contribution in [0.1, 0.15) is 23.6 Å². The molecular formula is C15H21N3. The number of imidazole rings is 1. The largest absolute Gasteiger partial charge is 0.336 e. The van der Waals surface area contributed by atoms with E-state index in [1.807, 2.05) is 18.7 Å². The molecule has 3 heteroatoms. The molecule has 0 spiro atoms. The van der Waals surface area contributed by atoms with Gasteiger partial charge in [-0.3, -0.25) is 0 Å². The molecule has 1 unspecified atom stereocenters. The van der Waals surface area contributed by atoms with Crippen LogP contribution in [0.25, 0.3) is 0 Å². The van der Waals surface area contributed by atoms with Crippen molar-refractivity contribution in [3.63, 3.8) is 0 Å². The number of hydrogen-bond acceptors (Lipinski definition) is 2. The molecule has 0 amide bonds. The standard InChI is InChI=1S/C15H21N3/c1-12-4-5-15(13(2)8-12)9-17-14(3)10-18-7-6-16-11-18/h4-8,11,14,17H,9-10H2,1-3H3. The van der Waals surface area contributed by atoms with Gasteiger partial charge >= 0.3 is 0 Å². The normalized spacial score (nSPS) is 12.6. The van der Waals surface area contributed by atoms with Crippen molar-refractivity contribution in [1.82, 2.24) is 14.9 Å². The van der Waals surface area contributed by atoms with E-state index >= 15 is 0 Å². The third-order valence-corrected chi connectivity index (χ3v) is 3.18. The lowest BCUT2D eigenvalue weighted by Crippen LogP contribution is -2.29. The van der Waals surface area contributed by atoms with Crippen molar-refractivity contribution >= 4 is 0 Å². The van der Waals surface area contributed by atoms with E-state index in [0.717, 1.165) is 13.1 Å². The molecule has 1 aromatic heterocycles. The summed E-state index contributed by atoms with van der Waals surface area (Å²) in [6.45, 7) is 8.37. The Morgan fingerprint density at radius 1 is 1.33 bits per heavy atom. The molecule has 1 heterocycles. The number of nitrogens with zero attached hydrogens (tertiary/aromatic N) is 2. The lowest BCUT2D eigenvalue weighted by atomic mass is 10.1. The van der Waals surface area contributed by atoms with Crippen LogP contribution < -0.4 is 5.32 Å². The first-order chi connectivity index (χ1) is 8.65. The molecule has 96 valence electrons. The molecule has 0 radical (unpaired) electrons. The summed E-state index contributed by atoms with van der Waals surface area (Å²) in [5.41, 5.74) is 4.05. The number of aromatic nitrogens is 2. The summed E-state index contributed by atoms with van der Waals surface area (Å²) in [4.78, 5) is 4.05. The van der Waals surface area contributed by atoms with Gasteiger partial charge in [-0.2, -0.15) is 0 Å². The van der Waals surface area contributed by atoms with Crippen LogP contribution in [-0.2, 0) is 13.1 Å². The van der Waals surface area contributed by atoms with E-state index in [-0.39, 0.29) is 0 Å². The van der Waals surface area contributed by atoms with Crippen LogP contribution in [0.3, 0.4) is 0 Å². The van der Waals surface area contributed by atoms with E-state index in [2.05, 4.69) is 53.8 Å². The van der Waals surface area contributed by atoms with Crippen molar-refractivity contribution in [2.75, 3.05) is 0 Å². The van der Waals surface area contributed by atoms with E-state index in [1.165, 1.54) is 16.7 Å². The SMILES string of the molecule is Cc1ccc(CNC(C)Cn2ccnc2)c(C)c1. The zero-order valence-electron chi connectivity index (χ0n) is 11.4. The Kier molecular flexibility index (Phi) is 4.15. The van der Waals surface area contributed by atoms with Gasteiger partial charge in [0.25, 0.3) is 0 Å². The minimum Gasteiger partial charge on any atom is -0.336 e. The maximum atomic E-state index is 4.05. The summed E-state index contributed by atoms with van der Waals surface area (Å²) in [5.74, 6) is 0. The number of hydrogen-bond donors (Lipinski definition) is 1. The molecule has 0 saturated heterocycles. The maximum absolute atomic E-state index is 4.05. The molecular weight excluding hydrogens is 222 g/mol. The number of nitrogens with one attached hydrogen (secondary N) is 1. The minimum absolute atomic E-state index is 0.430. The van der Waals surface area contributed by atoms with E-state index in [9.17, 15) is 0 Å². The summed E-state index contributed by atoms with van der Waals surface area (Å²) in [6, 6.07) is 7.05. The van der Waals surface area contributed by atoms with Crippen LogP contribution in [0.5, 0.6) is 0 Å². The Morgan fingerprint density at radius 3 is 2.83 bits per heavy atom. The molecule has 2 aromatic rings.